The first kappa shape index (κ1) is 15.7. The molecule has 0 fully saturated rings. The van der Waals surface area contributed by atoms with Crippen molar-refractivity contribution < 1.29 is 13.9 Å². The lowest BCUT2D eigenvalue weighted by molar-refractivity contribution is 0.302. The minimum absolute atomic E-state index is 0.278. The largest absolute Gasteiger partial charge is 0.496 e. The predicted octanol–water partition coefficient (Wildman–Crippen LogP) is 3.81. The Hall–Kier alpha value is -1.66. The van der Waals surface area contributed by atoms with Gasteiger partial charge in [0.15, 0.2) is 0 Å². The average Bonchev–Trinajstić information content (AvgIpc) is 2.45. The molecule has 0 spiro atoms. The van der Waals surface area contributed by atoms with Gasteiger partial charge in [-0.05, 0) is 51.8 Å². The highest BCUT2D eigenvalue weighted by molar-refractivity contribution is 9.10. The number of nitrogens with two attached hydrogens (primary N) is 1. The summed E-state index contributed by atoms with van der Waals surface area (Å²) in [6, 6.07) is 9.72. The number of benzene rings is 2. The van der Waals surface area contributed by atoms with E-state index in [1.165, 1.54) is 12.1 Å². The molecule has 2 aromatic carbocycles. The van der Waals surface area contributed by atoms with Gasteiger partial charge < -0.3 is 15.2 Å². The van der Waals surface area contributed by atoms with Crippen LogP contribution in [0.1, 0.15) is 11.1 Å². The zero-order chi connectivity index (χ0) is 15.4. The minimum atomic E-state index is -0.322. The number of halogens is 2. The van der Waals surface area contributed by atoms with Gasteiger partial charge in [0, 0.05) is 0 Å². The van der Waals surface area contributed by atoms with E-state index in [0.29, 0.717) is 28.1 Å². The van der Waals surface area contributed by atoms with Crippen molar-refractivity contribution >= 4 is 33.1 Å². The van der Waals surface area contributed by atoms with E-state index in [9.17, 15) is 4.39 Å². The first-order valence-corrected chi connectivity index (χ1v) is 7.26. The third-order valence-electron chi connectivity index (χ3n) is 2.82. The summed E-state index contributed by atoms with van der Waals surface area (Å²) in [5, 5.41) is 0. The Morgan fingerprint density at radius 2 is 2.00 bits per heavy atom. The van der Waals surface area contributed by atoms with Crippen LogP contribution in [0.3, 0.4) is 0 Å². The number of ether oxygens (including phenoxy) is 2. The normalized spacial score (nSPS) is 10.2. The fraction of sp³-hybridized carbons (Fsp3) is 0.133. The summed E-state index contributed by atoms with van der Waals surface area (Å²) in [6.45, 7) is 0.318. The van der Waals surface area contributed by atoms with Gasteiger partial charge >= 0.3 is 0 Å². The van der Waals surface area contributed by atoms with Gasteiger partial charge in [0.05, 0.1) is 17.1 Å². The molecule has 0 saturated heterocycles. The Bertz CT molecular complexity index is 679. The van der Waals surface area contributed by atoms with E-state index in [1.54, 1.807) is 19.2 Å². The molecule has 3 nitrogen and oxygen atoms in total. The molecule has 2 rings (SSSR count). The van der Waals surface area contributed by atoms with Crippen LogP contribution in [-0.2, 0) is 6.61 Å². The summed E-state index contributed by atoms with van der Waals surface area (Å²) in [7, 11) is 1.55. The number of rotatable bonds is 5. The summed E-state index contributed by atoms with van der Waals surface area (Å²) in [5.74, 6) is 0.840. The fourth-order valence-corrected chi connectivity index (χ4v) is 2.42. The van der Waals surface area contributed by atoms with E-state index >= 15 is 0 Å². The van der Waals surface area contributed by atoms with E-state index in [1.807, 2.05) is 12.1 Å². The Kier molecular flexibility index (Phi) is 5.14. The molecular formula is C15H13BrFNO2S. The molecule has 0 aliphatic carbocycles. The van der Waals surface area contributed by atoms with Gasteiger partial charge in [0.2, 0.25) is 0 Å². The van der Waals surface area contributed by atoms with Crippen molar-refractivity contribution in [1.82, 2.24) is 0 Å². The lowest BCUT2D eigenvalue weighted by Crippen LogP contribution is -2.11. The topological polar surface area (TPSA) is 44.5 Å². The summed E-state index contributed by atoms with van der Waals surface area (Å²) < 4.78 is 24.5. The molecule has 110 valence electrons. The van der Waals surface area contributed by atoms with Crippen LogP contribution in [0.15, 0.2) is 40.9 Å². The van der Waals surface area contributed by atoms with E-state index in [4.69, 9.17) is 27.4 Å². The van der Waals surface area contributed by atoms with Gasteiger partial charge in [-0.1, -0.05) is 18.3 Å². The van der Waals surface area contributed by atoms with Crippen molar-refractivity contribution in [1.29, 1.82) is 0 Å². The molecule has 2 N–H and O–H groups in total. The monoisotopic (exact) mass is 369 g/mol. The summed E-state index contributed by atoms with van der Waals surface area (Å²) in [5.41, 5.74) is 7.19. The second-order valence-corrected chi connectivity index (χ2v) is 5.56. The number of methoxy groups -OCH3 is 1. The van der Waals surface area contributed by atoms with Crippen molar-refractivity contribution in [2.45, 2.75) is 6.61 Å². The smallest absolute Gasteiger partial charge is 0.134 e. The van der Waals surface area contributed by atoms with E-state index < -0.39 is 0 Å². The SMILES string of the molecule is COc1cc(COc2ccc(F)cc2Br)ccc1C(N)=S. The van der Waals surface area contributed by atoms with E-state index in [2.05, 4.69) is 15.9 Å². The summed E-state index contributed by atoms with van der Waals surface area (Å²) in [6.07, 6.45) is 0. The van der Waals surface area contributed by atoms with Crippen LogP contribution in [0.5, 0.6) is 11.5 Å². The second kappa shape index (κ2) is 6.87. The van der Waals surface area contributed by atoms with Crippen LogP contribution >= 0.6 is 28.1 Å². The second-order valence-electron chi connectivity index (χ2n) is 4.26. The molecule has 0 bridgehead atoms. The first-order valence-electron chi connectivity index (χ1n) is 6.06. The van der Waals surface area contributed by atoms with Crippen LogP contribution in [-0.4, -0.2) is 12.1 Å². The van der Waals surface area contributed by atoms with Gasteiger partial charge in [0.25, 0.3) is 0 Å². The Morgan fingerprint density at radius 1 is 1.24 bits per heavy atom. The standard InChI is InChI=1S/C15H13BrFNO2S/c1-19-14-6-9(2-4-11(14)15(18)21)8-20-13-5-3-10(17)7-12(13)16/h2-7H,8H2,1H3,(H2,18,21). The van der Waals surface area contributed by atoms with Crippen molar-refractivity contribution in [2.24, 2.45) is 5.73 Å². The van der Waals surface area contributed by atoms with Crippen molar-refractivity contribution in [3.8, 4) is 11.5 Å². The summed E-state index contributed by atoms with van der Waals surface area (Å²) >= 11 is 8.21. The lowest BCUT2D eigenvalue weighted by atomic mass is 10.1. The molecule has 0 amide bonds. The molecule has 0 aliphatic heterocycles. The molecule has 0 aromatic heterocycles. The number of hydrogen-bond donors (Lipinski definition) is 1. The molecule has 0 unspecified atom stereocenters. The highest BCUT2D eigenvalue weighted by Gasteiger charge is 2.08. The van der Waals surface area contributed by atoms with Gasteiger partial charge in [-0.3, -0.25) is 0 Å². The molecule has 2 aromatic rings. The fourth-order valence-electron chi connectivity index (χ4n) is 1.78. The zero-order valence-corrected chi connectivity index (χ0v) is 13.6. The van der Waals surface area contributed by atoms with Crippen LogP contribution in [0.4, 0.5) is 4.39 Å². The van der Waals surface area contributed by atoms with E-state index in [0.717, 1.165) is 5.56 Å². The molecule has 21 heavy (non-hydrogen) atoms. The molecule has 0 heterocycles. The maximum atomic E-state index is 13.0. The molecule has 0 radical (unpaired) electrons. The minimum Gasteiger partial charge on any atom is -0.496 e. The third-order valence-corrected chi connectivity index (χ3v) is 3.66. The third kappa shape index (κ3) is 3.92. The molecular weight excluding hydrogens is 357 g/mol. The molecule has 0 atom stereocenters. The van der Waals surface area contributed by atoms with Gasteiger partial charge in [-0.25, -0.2) is 4.39 Å². The Morgan fingerprint density at radius 3 is 2.62 bits per heavy atom. The average molecular weight is 370 g/mol. The lowest BCUT2D eigenvalue weighted by Gasteiger charge is -2.11. The number of thiocarbonyl (C=S) groups is 1. The highest BCUT2D eigenvalue weighted by Crippen LogP contribution is 2.27. The van der Waals surface area contributed by atoms with Crippen LogP contribution < -0.4 is 15.2 Å². The predicted molar refractivity (Wildman–Crippen MR) is 87.3 cm³/mol. The van der Waals surface area contributed by atoms with Crippen LogP contribution in [0.2, 0.25) is 0 Å². The molecule has 0 saturated carbocycles. The number of hydrogen-bond acceptors (Lipinski definition) is 3. The van der Waals surface area contributed by atoms with Crippen LogP contribution in [0, 0.1) is 5.82 Å². The molecule has 0 aliphatic rings. The van der Waals surface area contributed by atoms with Crippen molar-refractivity contribution in [2.75, 3.05) is 7.11 Å². The quantitative estimate of drug-likeness (QED) is 0.813. The van der Waals surface area contributed by atoms with Crippen molar-refractivity contribution in [3.63, 3.8) is 0 Å². The van der Waals surface area contributed by atoms with Crippen molar-refractivity contribution in [3.05, 3.63) is 57.8 Å². The van der Waals surface area contributed by atoms with Gasteiger partial charge in [-0.2, -0.15) is 0 Å². The zero-order valence-electron chi connectivity index (χ0n) is 11.2. The maximum Gasteiger partial charge on any atom is 0.134 e. The summed E-state index contributed by atoms with van der Waals surface area (Å²) in [4.78, 5) is 0.278. The maximum absolute atomic E-state index is 13.0. The van der Waals surface area contributed by atoms with Crippen LogP contribution in [0.25, 0.3) is 0 Å². The highest BCUT2D eigenvalue weighted by atomic mass is 79.9. The Labute approximate surface area is 136 Å². The van der Waals surface area contributed by atoms with Gasteiger partial charge in [0.1, 0.15) is 28.9 Å². The Balaban J connectivity index is 2.15. The van der Waals surface area contributed by atoms with Gasteiger partial charge in [-0.15, -0.1) is 0 Å². The first-order chi connectivity index (χ1) is 10.0. The molecule has 6 heteroatoms. The van der Waals surface area contributed by atoms with E-state index in [-0.39, 0.29) is 10.8 Å².